The van der Waals surface area contributed by atoms with Crippen LogP contribution in [0.5, 0.6) is 5.75 Å². The molecule has 3 heterocycles. The Morgan fingerprint density at radius 1 is 1.20 bits per heavy atom. The molecule has 2 N–H and O–H groups in total. The van der Waals surface area contributed by atoms with Crippen molar-refractivity contribution in [3.05, 3.63) is 59.7 Å². The highest BCUT2D eigenvalue weighted by molar-refractivity contribution is 6.31. The molecule has 0 radical (unpaired) electrons. The number of carbonyl (C=O) groups excluding carboxylic acids is 2. The third-order valence-corrected chi connectivity index (χ3v) is 7.26. The van der Waals surface area contributed by atoms with Gasteiger partial charge in [-0.15, -0.1) is 0 Å². The van der Waals surface area contributed by atoms with Gasteiger partial charge in [-0.05, 0) is 43.0 Å². The predicted octanol–water partition coefficient (Wildman–Crippen LogP) is 4.08. The molecule has 40 heavy (non-hydrogen) atoms. The number of likely N-dealkylation sites (tertiary alicyclic amines) is 1. The topological polar surface area (TPSA) is 115 Å². The summed E-state index contributed by atoms with van der Waals surface area (Å²) >= 11 is 5.94. The van der Waals surface area contributed by atoms with Gasteiger partial charge in [0.1, 0.15) is 42.5 Å². The fraction of sp³-hybridized carbons (Fsp3) is 0.357. The average molecular weight is 568 g/mol. The quantitative estimate of drug-likeness (QED) is 0.291. The SMILES string of the molecule is O=C(/C=C/CN1CC2OCC(=O)OC2C1)Nc1cc2c(Nc3ccc(F)c(Cl)c3)ncnc2cc1OCC1CC1. The van der Waals surface area contributed by atoms with Crippen LogP contribution in [0.15, 0.2) is 48.8 Å². The van der Waals surface area contributed by atoms with Crippen molar-refractivity contribution in [3.8, 4) is 5.75 Å². The summed E-state index contributed by atoms with van der Waals surface area (Å²) in [4.78, 5) is 35.1. The molecule has 3 aliphatic rings. The van der Waals surface area contributed by atoms with Crippen molar-refractivity contribution in [1.29, 1.82) is 0 Å². The van der Waals surface area contributed by atoms with Gasteiger partial charge in [0.25, 0.3) is 0 Å². The first-order valence-electron chi connectivity index (χ1n) is 13.1. The van der Waals surface area contributed by atoms with Crippen LogP contribution in [-0.4, -0.2) is 71.8 Å². The highest BCUT2D eigenvalue weighted by Gasteiger charge is 2.39. The van der Waals surface area contributed by atoms with E-state index >= 15 is 0 Å². The number of carbonyl (C=O) groups is 2. The zero-order chi connectivity index (χ0) is 27.6. The number of ether oxygens (including phenoxy) is 3. The van der Waals surface area contributed by atoms with Crippen molar-refractivity contribution < 1.29 is 28.2 Å². The van der Waals surface area contributed by atoms with E-state index in [2.05, 4.69) is 25.5 Å². The Balaban J connectivity index is 1.18. The number of benzene rings is 2. The molecular formula is C28H27ClFN5O5. The van der Waals surface area contributed by atoms with Crippen LogP contribution < -0.4 is 15.4 Å². The fourth-order valence-electron chi connectivity index (χ4n) is 4.71. The Bertz CT molecular complexity index is 1480. The van der Waals surface area contributed by atoms with E-state index < -0.39 is 5.82 Å². The molecule has 2 unspecified atom stereocenters. The van der Waals surface area contributed by atoms with Gasteiger partial charge in [0, 0.05) is 42.9 Å². The van der Waals surface area contributed by atoms with Gasteiger partial charge in [0.05, 0.1) is 22.8 Å². The zero-order valence-corrected chi connectivity index (χ0v) is 22.2. The van der Waals surface area contributed by atoms with Crippen LogP contribution in [0.25, 0.3) is 10.9 Å². The summed E-state index contributed by atoms with van der Waals surface area (Å²) < 4.78 is 30.6. The number of hydrogen-bond donors (Lipinski definition) is 2. The first kappa shape index (κ1) is 26.4. The van der Waals surface area contributed by atoms with E-state index in [1.165, 1.54) is 24.5 Å². The second-order valence-corrected chi connectivity index (χ2v) is 10.5. The Labute approximate surface area is 234 Å². The second-order valence-electron chi connectivity index (χ2n) is 10.1. The number of rotatable bonds is 9. The van der Waals surface area contributed by atoms with Crippen molar-refractivity contribution >= 4 is 51.6 Å². The van der Waals surface area contributed by atoms with E-state index in [9.17, 15) is 14.0 Å². The summed E-state index contributed by atoms with van der Waals surface area (Å²) in [6.07, 6.45) is 6.47. The Morgan fingerprint density at radius 3 is 2.88 bits per heavy atom. The molecule has 0 spiro atoms. The van der Waals surface area contributed by atoms with Gasteiger partial charge in [-0.3, -0.25) is 9.69 Å². The highest BCUT2D eigenvalue weighted by atomic mass is 35.5. The first-order valence-corrected chi connectivity index (χ1v) is 13.4. The van der Waals surface area contributed by atoms with Gasteiger partial charge in [-0.25, -0.2) is 19.2 Å². The largest absolute Gasteiger partial charge is 0.491 e. The molecule has 12 heteroatoms. The molecular weight excluding hydrogens is 541 g/mol. The number of halogens is 2. The number of esters is 1. The van der Waals surface area contributed by atoms with Crippen LogP contribution >= 0.6 is 11.6 Å². The molecule has 1 aromatic heterocycles. The monoisotopic (exact) mass is 567 g/mol. The number of nitrogens with zero attached hydrogens (tertiary/aromatic N) is 3. The van der Waals surface area contributed by atoms with E-state index in [0.29, 0.717) is 66.0 Å². The van der Waals surface area contributed by atoms with E-state index in [1.807, 2.05) is 0 Å². The number of nitrogens with one attached hydrogen (secondary N) is 2. The summed E-state index contributed by atoms with van der Waals surface area (Å²) in [6, 6.07) is 7.83. The molecule has 2 saturated heterocycles. The van der Waals surface area contributed by atoms with Crippen molar-refractivity contribution in [2.75, 3.05) is 43.5 Å². The van der Waals surface area contributed by atoms with Gasteiger partial charge in [-0.1, -0.05) is 17.7 Å². The Kier molecular flexibility index (Phi) is 7.50. The van der Waals surface area contributed by atoms with Crippen molar-refractivity contribution in [3.63, 3.8) is 0 Å². The lowest BCUT2D eigenvalue weighted by Crippen LogP contribution is -2.39. The molecule has 3 fully saturated rings. The lowest BCUT2D eigenvalue weighted by atomic mass is 10.1. The van der Waals surface area contributed by atoms with Gasteiger partial charge in [0.15, 0.2) is 0 Å². The van der Waals surface area contributed by atoms with Crippen LogP contribution in [0.2, 0.25) is 5.02 Å². The number of amides is 1. The normalized spacial score (nSPS) is 20.9. The predicted molar refractivity (Wildman–Crippen MR) is 146 cm³/mol. The van der Waals surface area contributed by atoms with Crippen LogP contribution in [-0.2, 0) is 19.1 Å². The van der Waals surface area contributed by atoms with Crippen LogP contribution in [0.3, 0.4) is 0 Å². The van der Waals surface area contributed by atoms with E-state index in [-0.39, 0.29) is 35.7 Å². The van der Waals surface area contributed by atoms with Gasteiger partial charge in [-0.2, -0.15) is 0 Å². The minimum atomic E-state index is -0.518. The fourth-order valence-corrected chi connectivity index (χ4v) is 4.89. The summed E-state index contributed by atoms with van der Waals surface area (Å²) in [6.45, 7) is 2.22. The van der Waals surface area contributed by atoms with Crippen LogP contribution in [0.4, 0.5) is 21.6 Å². The van der Waals surface area contributed by atoms with Crippen LogP contribution in [0, 0.1) is 11.7 Å². The standard InChI is InChI=1S/C28H27ClFN5O5/c29-19-8-17(5-6-20(19)30)33-28-18-9-22(23(38-13-16-3-4-16)10-21(18)31-15-32-28)34-26(36)2-1-7-35-11-24-25(12-35)40-27(37)14-39-24/h1-2,5-6,8-10,15-16,24-25H,3-4,7,11-14H2,(H,34,36)(H,31,32,33)/b2-1+. The summed E-state index contributed by atoms with van der Waals surface area (Å²) in [5.74, 6) is 0.293. The molecule has 1 aliphatic carbocycles. The summed E-state index contributed by atoms with van der Waals surface area (Å²) in [7, 11) is 0. The second kappa shape index (κ2) is 11.4. The summed E-state index contributed by atoms with van der Waals surface area (Å²) in [5.41, 5.74) is 1.64. The Hall–Kier alpha value is -3.80. The molecule has 2 atom stereocenters. The number of aromatic nitrogens is 2. The van der Waals surface area contributed by atoms with Crippen LogP contribution in [0.1, 0.15) is 12.8 Å². The van der Waals surface area contributed by atoms with Crippen molar-refractivity contribution in [2.24, 2.45) is 5.92 Å². The third kappa shape index (κ3) is 6.16. The van der Waals surface area contributed by atoms with Gasteiger partial charge in [0.2, 0.25) is 5.91 Å². The minimum absolute atomic E-state index is 0.0138. The molecule has 208 valence electrons. The maximum absolute atomic E-state index is 13.6. The van der Waals surface area contributed by atoms with E-state index in [0.717, 1.165) is 12.8 Å². The maximum atomic E-state index is 13.6. The zero-order valence-electron chi connectivity index (χ0n) is 21.4. The minimum Gasteiger partial charge on any atom is -0.491 e. The maximum Gasteiger partial charge on any atom is 0.332 e. The summed E-state index contributed by atoms with van der Waals surface area (Å²) in [5, 5.41) is 6.69. The smallest absolute Gasteiger partial charge is 0.332 e. The molecule has 10 nitrogen and oxygen atoms in total. The van der Waals surface area contributed by atoms with Gasteiger partial charge < -0.3 is 24.8 Å². The molecule has 2 aromatic carbocycles. The molecule has 1 saturated carbocycles. The Morgan fingerprint density at radius 2 is 2.05 bits per heavy atom. The number of hydrogen-bond acceptors (Lipinski definition) is 9. The molecule has 2 aliphatic heterocycles. The van der Waals surface area contributed by atoms with Gasteiger partial charge >= 0.3 is 5.97 Å². The van der Waals surface area contributed by atoms with E-state index in [1.54, 1.807) is 24.3 Å². The molecule has 6 rings (SSSR count). The van der Waals surface area contributed by atoms with Crippen molar-refractivity contribution in [1.82, 2.24) is 14.9 Å². The molecule has 0 bridgehead atoms. The number of fused-ring (bicyclic) bond motifs is 2. The van der Waals surface area contributed by atoms with Crippen molar-refractivity contribution in [2.45, 2.75) is 25.0 Å². The third-order valence-electron chi connectivity index (χ3n) is 6.97. The molecule has 3 aromatic rings. The highest BCUT2D eigenvalue weighted by Crippen LogP contribution is 2.36. The number of anilines is 3. The lowest BCUT2D eigenvalue weighted by Gasteiger charge is -2.24. The lowest BCUT2D eigenvalue weighted by molar-refractivity contribution is -0.176. The first-order chi connectivity index (χ1) is 19.4. The van der Waals surface area contributed by atoms with E-state index in [4.69, 9.17) is 25.8 Å². The average Bonchev–Trinajstić information content (AvgIpc) is 3.68. The molecule has 1 amide bonds.